The Labute approximate surface area is 184 Å². The van der Waals surface area contributed by atoms with Gasteiger partial charge in [0, 0.05) is 29.4 Å². The van der Waals surface area contributed by atoms with Crippen LogP contribution in [0.25, 0.3) is 22.3 Å². The molecule has 32 heavy (non-hydrogen) atoms. The van der Waals surface area contributed by atoms with Gasteiger partial charge in [0.1, 0.15) is 5.82 Å². The second-order valence-electron chi connectivity index (χ2n) is 8.11. The minimum atomic E-state index is -0.387. The molecule has 3 heterocycles. The first-order chi connectivity index (χ1) is 15.2. The predicted molar refractivity (Wildman–Crippen MR) is 121 cm³/mol. The van der Waals surface area contributed by atoms with Gasteiger partial charge in [-0.1, -0.05) is 12.1 Å². The Morgan fingerprint density at radius 1 is 1.22 bits per heavy atom. The molecular weight excluding hydrogens is 409 g/mol. The third-order valence-corrected chi connectivity index (χ3v) is 5.34. The quantitative estimate of drug-likeness (QED) is 0.497. The van der Waals surface area contributed by atoms with Crippen LogP contribution in [-0.4, -0.2) is 25.7 Å². The number of halogens is 1. The molecule has 164 valence electrons. The number of pyridine rings is 2. The van der Waals surface area contributed by atoms with Crippen LogP contribution in [0.1, 0.15) is 47.1 Å². The van der Waals surface area contributed by atoms with Gasteiger partial charge in [0.25, 0.3) is 11.5 Å². The van der Waals surface area contributed by atoms with Crippen LogP contribution in [0.15, 0.2) is 47.4 Å². The van der Waals surface area contributed by atoms with Crippen LogP contribution in [0.4, 0.5) is 4.39 Å². The van der Waals surface area contributed by atoms with Crippen molar-refractivity contribution in [3.63, 3.8) is 0 Å². The van der Waals surface area contributed by atoms with E-state index < -0.39 is 0 Å². The van der Waals surface area contributed by atoms with E-state index in [0.29, 0.717) is 33.4 Å². The number of rotatable bonds is 5. The van der Waals surface area contributed by atoms with Crippen molar-refractivity contribution in [2.24, 2.45) is 0 Å². The summed E-state index contributed by atoms with van der Waals surface area (Å²) in [4.78, 5) is 32.9. The lowest BCUT2D eigenvalue weighted by molar-refractivity contribution is 0.0952. The summed E-state index contributed by atoms with van der Waals surface area (Å²) in [6.07, 6.45) is 1.61. The number of aromatic amines is 1. The highest BCUT2D eigenvalue weighted by atomic mass is 19.1. The summed E-state index contributed by atoms with van der Waals surface area (Å²) in [5.74, 6) is -0.750. The van der Waals surface area contributed by atoms with Gasteiger partial charge in [0.2, 0.25) is 0 Å². The number of nitrogens with one attached hydrogen (secondary N) is 2. The molecule has 0 saturated carbocycles. The molecule has 3 aromatic heterocycles. The van der Waals surface area contributed by atoms with E-state index in [1.54, 1.807) is 29.1 Å². The summed E-state index contributed by atoms with van der Waals surface area (Å²) in [7, 11) is 0. The molecule has 0 bridgehead atoms. The summed E-state index contributed by atoms with van der Waals surface area (Å²) >= 11 is 0. The van der Waals surface area contributed by atoms with Crippen LogP contribution >= 0.6 is 0 Å². The first-order valence-electron chi connectivity index (χ1n) is 10.4. The number of carbonyl (C=O) groups is 1. The Morgan fingerprint density at radius 2 is 2.00 bits per heavy atom. The molecule has 7 nitrogen and oxygen atoms in total. The van der Waals surface area contributed by atoms with Crippen LogP contribution in [0, 0.1) is 19.7 Å². The topological polar surface area (TPSA) is 92.7 Å². The number of hydrogen-bond acceptors (Lipinski definition) is 4. The molecule has 1 aromatic carbocycles. The summed E-state index contributed by atoms with van der Waals surface area (Å²) in [5.41, 5.74) is 3.77. The molecule has 0 aliphatic carbocycles. The molecule has 0 atom stereocenters. The van der Waals surface area contributed by atoms with Crippen molar-refractivity contribution in [2.45, 2.75) is 40.3 Å². The number of fused-ring (bicyclic) bond motifs is 1. The molecule has 0 radical (unpaired) electrons. The lowest BCUT2D eigenvalue weighted by atomic mass is 10.1. The van der Waals surface area contributed by atoms with Gasteiger partial charge in [0.05, 0.1) is 22.8 Å². The Hall–Kier alpha value is -3.81. The minimum absolute atomic E-state index is 0.0208. The Morgan fingerprint density at radius 3 is 2.69 bits per heavy atom. The first-order valence-corrected chi connectivity index (χ1v) is 10.4. The largest absolute Gasteiger partial charge is 0.348 e. The van der Waals surface area contributed by atoms with Crippen LogP contribution in [-0.2, 0) is 6.54 Å². The molecule has 0 fully saturated rings. The highest BCUT2D eigenvalue weighted by Crippen LogP contribution is 2.27. The predicted octanol–water partition coefficient (Wildman–Crippen LogP) is 4.05. The summed E-state index contributed by atoms with van der Waals surface area (Å²) < 4.78 is 15.6. The standard InChI is InChI=1S/C24H24FN5O2/c1-13(2)30-22-20(12-27-30)18(10-21(29-22)16-6-5-7-17(25)9-16)23(31)26-11-19-14(3)8-15(4)28-24(19)32/h5-10,12-13H,11H2,1-4H3,(H,26,31)(H,28,32). The number of carbonyl (C=O) groups excluding carboxylic acids is 1. The third-order valence-electron chi connectivity index (χ3n) is 5.34. The Balaban J connectivity index is 1.77. The lowest BCUT2D eigenvalue weighted by Crippen LogP contribution is -2.28. The van der Waals surface area contributed by atoms with Crippen molar-refractivity contribution in [1.82, 2.24) is 25.1 Å². The Kier molecular flexibility index (Phi) is 5.61. The van der Waals surface area contributed by atoms with E-state index in [4.69, 9.17) is 0 Å². The molecule has 1 amide bonds. The molecule has 4 rings (SSSR count). The average molecular weight is 433 g/mol. The van der Waals surface area contributed by atoms with Crippen molar-refractivity contribution >= 4 is 16.9 Å². The number of nitrogens with zero attached hydrogens (tertiary/aromatic N) is 3. The van der Waals surface area contributed by atoms with Crippen LogP contribution < -0.4 is 10.9 Å². The van der Waals surface area contributed by atoms with E-state index in [0.717, 1.165) is 11.3 Å². The van der Waals surface area contributed by atoms with Crippen molar-refractivity contribution in [2.75, 3.05) is 0 Å². The van der Waals surface area contributed by atoms with E-state index in [1.165, 1.54) is 12.1 Å². The van der Waals surface area contributed by atoms with Gasteiger partial charge in [-0.15, -0.1) is 0 Å². The molecule has 8 heteroatoms. The minimum Gasteiger partial charge on any atom is -0.348 e. The van der Waals surface area contributed by atoms with E-state index >= 15 is 0 Å². The fourth-order valence-electron chi connectivity index (χ4n) is 3.74. The Bertz CT molecular complexity index is 1390. The summed E-state index contributed by atoms with van der Waals surface area (Å²) in [5, 5.41) is 7.82. The third kappa shape index (κ3) is 4.03. The van der Waals surface area contributed by atoms with Gasteiger partial charge in [-0.2, -0.15) is 5.10 Å². The highest BCUT2D eigenvalue weighted by Gasteiger charge is 2.19. The monoisotopic (exact) mass is 433 g/mol. The van der Waals surface area contributed by atoms with Crippen molar-refractivity contribution < 1.29 is 9.18 Å². The zero-order chi connectivity index (χ0) is 23.0. The number of benzene rings is 1. The maximum atomic E-state index is 13.8. The highest BCUT2D eigenvalue weighted by molar-refractivity contribution is 6.06. The summed E-state index contributed by atoms with van der Waals surface area (Å²) in [6, 6.07) is 9.59. The number of aromatic nitrogens is 4. The molecular formula is C24H24FN5O2. The van der Waals surface area contributed by atoms with Crippen molar-refractivity contribution in [1.29, 1.82) is 0 Å². The first kappa shape index (κ1) is 21.4. The smallest absolute Gasteiger partial charge is 0.253 e. The van der Waals surface area contributed by atoms with Gasteiger partial charge in [-0.25, -0.2) is 14.1 Å². The molecule has 4 aromatic rings. The number of H-pyrrole nitrogens is 1. The van der Waals surface area contributed by atoms with Gasteiger partial charge in [-0.3, -0.25) is 9.59 Å². The van der Waals surface area contributed by atoms with Gasteiger partial charge in [0.15, 0.2) is 5.65 Å². The summed E-state index contributed by atoms with van der Waals surface area (Å²) in [6.45, 7) is 7.66. The number of hydrogen-bond donors (Lipinski definition) is 2. The van der Waals surface area contributed by atoms with E-state index in [1.807, 2.05) is 33.8 Å². The molecule has 0 unspecified atom stereocenters. The molecule has 0 aliphatic heterocycles. The van der Waals surface area contributed by atoms with Crippen LogP contribution in [0.2, 0.25) is 0 Å². The fraction of sp³-hybridized carbons (Fsp3) is 0.250. The molecule has 0 aliphatic rings. The van der Waals surface area contributed by atoms with Crippen molar-refractivity contribution in [3.05, 3.63) is 81.2 Å². The second-order valence-corrected chi connectivity index (χ2v) is 8.11. The maximum absolute atomic E-state index is 13.8. The van der Waals surface area contributed by atoms with Crippen LogP contribution in [0.5, 0.6) is 0 Å². The SMILES string of the molecule is Cc1cc(C)c(CNC(=O)c2cc(-c3cccc(F)c3)nc3c2cnn3C(C)C)c(=O)[nH]1. The van der Waals surface area contributed by atoms with E-state index in [9.17, 15) is 14.0 Å². The molecule has 0 spiro atoms. The zero-order valence-corrected chi connectivity index (χ0v) is 18.4. The fourth-order valence-corrected chi connectivity index (χ4v) is 3.74. The maximum Gasteiger partial charge on any atom is 0.253 e. The van der Waals surface area contributed by atoms with Gasteiger partial charge in [-0.05, 0) is 57.5 Å². The van der Waals surface area contributed by atoms with E-state index in [2.05, 4.69) is 20.4 Å². The molecule has 0 saturated heterocycles. The number of aryl methyl sites for hydroxylation is 2. The van der Waals surface area contributed by atoms with Crippen LogP contribution in [0.3, 0.4) is 0 Å². The van der Waals surface area contributed by atoms with Gasteiger partial charge >= 0.3 is 0 Å². The molecule has 2 N–H and O–H groups in total. The zero-order valence-electron chi connectivity index (χ0n) is 18.4. The van der Waals surface area contributed by atoms with E-state index in [-0.39, 0.29) is 29.9 Å². The van der Waals surface area contributed by atoms with Crippen molar-refractivity contribution in [3.8, 4) is 11.3 Å². The number of amides is 1. The second kappa shape index (κ2) is 8.37. The lowest BCUT2D eigenvalue weighted by Gasteiger charge is -2.12. The van der Waals surface area contributed by atoms with Gasteiger partial charge < -0.3 is 10.3 Å². The average Bonchev–Trinajstić information content (AvgIpc) is 3.16. The normalized spacial score (nSPS) is 11.3.